The predicted octanol–water partition coefficient (Wildman–Crippen LogP) is 2.06. The zero-order chi connectivity index (χ0) is 15.6. The van der Waals surface area contributed by atoms with Gasteiger partial charge in [0.2, 0.25) is 0 Å². The Morgan fingerprint density at radius 3 is 2.82 bits per heavy atom. The second-order valence-corrected chi connectivity index (χ2v) is 4.67. The third-order valence-corrected chi connectivity index (χ3v) is 3.03. The summed E-state index contributed by atoms with van der Waals surface area (Å²) in [7, 11) is 0. The lowest BCUT2D eigenvalue weighted by Gasteiger charge is -2.12. The van der Waals surface area contributed by atoms with Crippen molar-refractivity contribution in [2.45, 2.75) is 26.9 Å². The molecule has 0 atom stereocenters. The van der Waals surface area contributed by atoms with Gasteiger partial charge in [0.15, 0.2) is 5.96 Å². The average molecular weight is 301 g/mol. The first-order chi connectivity index (χ1) is 10.8. The van der Waals surface area contributed by atoms with Gasteiger partial charge in [-0.25, -0.2) is 4.99 Å². The fourth-order valence-corrected chi connectivity index (χ4v) is 2.00. The van der Waals surface area contributed by atoms with E-state index in [9.17, 15) is 0 Å². The summed E-state index contributed by atoms with van der Waals surface area (Å²) in [5.41, 5.74) is 2.09. The first-order valence-electron chi connectivity index (χ1n) is 7.54. The molecule has 0 unspecified atom stereocenters. The molecule has 0 aliphatic carbocycles. The maximum Gasteiger partial charge on any atom is 0.191 e. The molecule has 3 N–H and O–H groups in total. The van der Waals surface area contributed by atoms with Crippen LogP contribution in [0, 0.1) is 0 Å². The van der Waals surface area contributed by atoms with Crippen molar-refractivity contribution in [2.75, 3.05) is 13.2 Å². The smallest absolute Gasteiger partial charge is 0.191 e. The van der Waals surface area contributed by atoms with E-state index in [1.54, 1.807) is 6.20 Å². The van der Waals surface area contributed by atoms with Gasteiger partial charge in [0, 0.05) is 18.3 Å². The van der Waals surface area contributed by atoms with Crippen LogP contribution in [-0.2, 0) is 13.1 Å². The molecular weight excluding hydrogens is 278 g/mol. The molecule has 0 saturated heterocycles. The highest BCUT2D eigenvalue weighted by molar-refractivity contribution is 5.79. The Labute approximate surface area is 131 Å². The number of guanidine groups is 1. The monoisotopic (exact) mass is 301 g/mol. The third-order valence-electron chi connectivity index (χ3n) is 3.03. The number of nitrogens with zero attached hydrogens (tertiary/aromatic N) is 2. The van der Waals surface area contributed by atoms with Gasteiger partial charge in [-0.15, -0.1) is 0 Å². The molecule has 1 aromatic carbocycles. The summed E-state index contributed by atoms with van der Waals surface area (Å²) < 4.78 is 5.62. The van der Waals surface area contributed by atoms with Gasteiger partial charge < -0.3 is 15.4 Å². The molecule has 0 fully saturated rings. The molecule has 0 aliphatic rings. The number of benzene rings is 1. The van der Waals surface area contributed by atoms with Crippen molar-refractivity contribution in [1.82, 2.24) is 20.8 Å². The number of H-pyrrole nitrogens is 1. The number of hydrogen-bond acceptors (Lipinski definition) is 3. The molecule has 2 rings (SSSR count). The lowest BCUT2D eigenvalue weighted by Crippen LogP contribution is -2.36. The van der Waals surface area contributed by atoms with Crippen LogP contribution in [0.15, 0.2) is 41.5 Å². The fourth-order valence-electron chi connectivity index (χ4n) is 2.00. The standard InChI is InChI=1S/C16H23N5O/c1-3-17-16(19-12-14-9-10-20-21-14)18-11-13-7-5-6-8-15(13)22-4-2/h5-10H,3-4,11-12H2,1-2H3,(H,20,21)(H2,17,18,19). The van der Waals surface area contributed by atoms with E-state index in [0.29, 0.717) is 19.7 Å². The van der Waals surface area contributed by atoms with Gasteiger partial charge >= 0.3 is 0 Å². The predicted molar refractivity (Wildman–Crippen MR) is 87.9 cm³/mol. The number of aromatic nitrogens is 2. The minimum atomic E-state index is 0.564. The van der Waals surface area contributed by atoms with Gasteiger partial charge in [-0.3, -0.25) is 5.10 Å². The maximum absolute atomic E-state index is 5.62. The molecule has 1 aromatic heterocycles. The third kappa shape index (κ3) is 4.80. The lowest BCUT2D eigenvalue weighted by molar-refractivity contribution is 0.336. The summed E-state index contributed by atoms with van der Waals surface area (Å²) in [6.07, 6.45) is 1.74. The highest BCUT2D eigenvalue weighted by atomic mass is 16.5. The van der Waals surface area contributed by atoms with Gasteiger partial charge in [0.05, 0.1) is 25.4 Å². The number of ether oxygens (including phenoxy) is 1. The summed E-state index contributed by atoms with van der Waals surface area (Å²) >= 11 is 0. The van der Waals surface area contributed by atoms with Crippen molar-refractivity contribution in [3.05, 3.63) is 47.8 Å². The molecule has 2 aromatic rings. The molecule has 1 heterocycles. The zero-order valence-electron chi connectivity index (χ0n) is 13.1. The Morgan fingerprint density at radius 2 is 2.09 bits per heavy atom. The summed E-state index contributed by atoms with van der Waals surface area (Å²) in [6, 6.07) is 9.91. The van der Waals surface area contributed by atoms with Crippen LogP contribution in [0.3, 0.4) is 0 Å². The van der Waals surface area contributed by atoms with Gasteiger partial charge in [-0.2, -0.15) is 5.10 Å². The van der Waals surface area contributed by atoms with Crippen LogP contribution >= 0.6 is 0 Å². The Bertz CT molecular complexity index is 580. The second kappa shape index (κ2) is 8.71. The molecule has 22 heavy (non-hydrogen) atoms. The Kier molecular flexibility index (Phi) is 6.29. The van der Waals surface area contributed by atoms with E-state index < -0.39 is 0 Å². The second-order valence-electron chi connectivity index (χ2n) is 4.67. The molecule has 0 spiro atoms. The van der Waals surface area contributed by atoms with Gasteiger partial charge in [-0.1, -0.05) is 18.2 Å². The molecule has 118 valence electrons. The molecule has 0 aliphatic heterocycles. The first kappa shape index (κ1) is 15.9. The van der Waals surface area contributed by atoms with Crippen LogP contribution < -0.4 is 15.4 Å². The Morgan fingerprint density at radius 1 is 1.23 bits per heavy atom. The lowest BCUT2D eigenvalue weighted by atomic mass is 10.2. The number of aromatic amines is 1. The van der Waals surface area contributed by atoms with Crippen molar-refractivity contribution < 1.29 is 4.74 Å². The van der Waals surface area contributed by atoms with Crippen LogP contribution in [0.25, 0.3) is 0 Å². The fraction of sp³-hybridized carbons (Fsp3) is 0.375. The highest BCUT2D eigenvalue weighted by Crippen LogP contribution is 2.18. The van der Waals surface area contributed by atoms with E-state index in [0.717, 1.165) is 29.5 Å². The van der Waals surface area contributed by atoms with Crippen LogP contribution in [0.2, 0.25) is 0 Å². The minimum absolute atomic E-state index is 0.564. The van der Waals surface area contributed by atoms with Crippen LogP contribution in [0.1, 0.15) is 25.1 Å². The molecule has 0 radical (unpaired) electrons. The van der Waals surface area contributed by atoms with Gasteiger partial charge in [-0.05, 0) is 26.0 Å². The molecule has 0 saturated carbocycles. The normalized spacial score (nSPS) is 11.3. The first-order valence-corrected chi connectivity index (χ1v) is 7.54. The van der Waals surface area contributed by atoms with Crippen LogP contribution in [0.5, 0.6) is 5.75 Å². The number of rotatable bonds is 7. The Hall–Kier alpha value is -2.50. The summed E-state index contributed by atoms with van der Waals surface area (Å²) in [5.74, 6) is 1.65. The summed E-state index contributed by atoms with van der Waals surface area (Å²) in [6.45, 7) is 6.70. The van der Waals surface area contributed by atoms with E-state index in [1.165, 1.54) is 0 Å². The number of aliphatic imine (C=N–C) groups is 1. The van der Waals surface area contributed by atoms with E-state index in [-0.39, 0.29) is 0 Å². The van der Waals surface area contributed by atoms with E-state index in [4.69, 9.17) is 4.74 Å². The van der Waals surface area contributed by atoms with Crippen molar-refractivity contribution in [3.63, 3.8) is 0 Å². The van der Waals surface area contributed by atoms with Gasteiger partial charge in [0.25, 0.3) is 0 Å². The molecule has 0 amide bonds. The zero-order valence-corrected chi connectivity index (χ0v) is 13.1. The SMILES string of the molecule is CCNC(=NCc1ccccc1OCC)NCc1ccn[nH]1. The Balaban J connectivity index is 2.00. The van der Waals surface area contributed by atoms with E-state index in [2.05, 4.69) is 25.8 Å². The van der Waals surface area contributed by atoms with Crippen molar-refractivity contribution >= 4 is 5.96 Å². The number of nitrogens with one attached hydrogen (secondary N) is 3. The molecule has 6 nitrogen and oxygen atoms in total. The van der Waals surface area contributed by atoms with E-state index in [1.807, 2.05) is 44.2 Å². The largest absolute Gasteiger partial charge is 0.494 e. The quantitative estimate of drug-likeness (QED) is 0.540. The molecular formula is C16H23N5O. The van der Waals surface area contributed by atoms with Crippen molar-refractivity contribution in [2.24, 2.45) is 4.99 Å². The number of hydrogen-bond donors (Lipinski definition) is 3. The van der Waals surface area contributed by atoms with Crippen LogP contribution in [0.4, 0.5) is 0 Å². The molecule has 6 heteroatoms. The minimum Gasteiger partial charge on any atom is -0.494 e. The van der Waals surface area contributed by atoms with E-state index >= 15 is 0 Å². The van der Waals surface area contributed by atoms with Crippen molar-refractivity contribution in [1.29, 1.82) is 0 Å². The average Bonchev–Trinajstić information content (AvgIpc) is 3.05. The molecule has 0 bridgehead atoms. The maximum atomic E-state index is 5.62. The summed E-state index contributed by atoms with van der Waals surface area (Å²) in [5, 5.41) is 13.4. The van der Waals surface area contributed by atoms with Gasteiger partial charge in [0.1, 0.15) is 5.75 Å². The topological polar surface area (TPSA) is 74.3 Å². The van der Waals surface area contributed by atoms with Crippen molar-refractivity contribution in [3.8, 4) is 5.75 Å². The summed E-state index contributed by atoms with van der Waals surface area (Å²) in [4.78, 5) is 4.61. The highest BCUT2D eigenvalue weighted by Gasteiger charge is 2.03. The number of para-hydroxylation sites is 1. The van der Waals surface area contributed by atoms with Crippen LogP contribution in [-0.4, -0.2) is 29.3 Å².